The van der Waals surface area contributed by atoms with E-state index >= 15 is 0 Å². The van der Waals surface area contributed by atoms with Gasteiger partial charge in [0.15, 0.2) is 5.82 Å². The van der Waals surface area contributed by atoms with Gasteiger partial charge in [-0.2, -0.15) is 0 Å². The summed E-state index contributed by atoms with van der Waals surface area (Å²) in [6.07, 6.45) is 9.88. The van der Waals surface area contributed by atoms with Crippen molar-refractivity contribution in [3.05, 3.63) is 72.4 Å². The first-order chi connectivity index (χ1) is 13.8. The van der Waals surface area contributed by atoms with Gasteiger partial charge < -0.3 is 15.1 Å². The number of nitrogens with one attached hydrogen (secondary N) is 1. The van der Waals surface area contributed by atoms with Gasteiger partial charge in [0.1, 0.15) is 18.2 Å². The maximum atomic E-state index is 4.60. The van der Waals surface area contributed by atoms with Crippen LogP contribution in [0, 0.1) is 0 Å². The predicted molar refractivity (Wildman–Crippen MR) is 110 cm³/mol. The molecule has 1 N–H and O–H groups in total. The quantitative estimate of drug-likeness (QED) is 0.710. The molecule has 0 bridgehead atoms. The molecule has 1 unspecified atom stereocenters. The summed E-state index contributed by atoms with van der Waals surface area (Å²) in [5.74, 6) is 0.973. The van der Waals surface area contributed by atoms with E-state index in [2.05, 4.69) is 73.4 Å². The lowest BCUT2D eigenvalue weighted by Gasteiger charge is -2.32. The van der Waals surface area contributed by atoms with Gasteiger partial charge >= 0.3 is 0 Å². The van der Waals surface area contributed by atoms with Crippen molar-refractivity contribution in [2.24, 2.45) is 0 Å². The molecular formula is C22H24N6. The summed E-state index contributed by atoms with van der Waals surface area (Å²) in [7, 11) is 0. The van der Waals surface area contributed by atoms with E-state index in [1.807, 2.05) is 18.6 Å². The van der Waals surface area contributed by atoms with Crippen molar-refractivity contribution in [3.8, 4) is 0 Å². The number of fused-ring (bicyclic) bond motifs is 1. The second-order valence-electron chi connectivity index (χ2n) is 7.37. The predicted octanol–water partition coefficient (Wildman–Crippen LogP) is 3.80. The Morgan fingerprint density at radius 1 is 1.11 bits per heavy atom. The minimum atomic E-state index is 0.0336. The number of benzene rings is 1. The molecule has 5 rings (SSSR count). The molecule has 1 aliphatic heterocycles. The Labute approximate surface area is 165 Å². The van der Waals surface area contributed by atoms with E-state index in [1.165, 1.54) is 24.0 Å². The molecule has 1 atom stereocenters. The van der Waals surface area contributed by atoms with Crippen LogP contribution < -0.4 is 15.1 Å². The monoisotopic (exact) mass is 372 g/mol. The van der Waals surface area contributed by atoms with Gasteiger partial charge in [-0.15, -0.1) is 0 Å². The summed E-state index contributed by atoms with van der Waals surface area (Å²) < 4.78 is 0. The lowest BCUT2D eigenvalue weighted by Crippen LogP contribution is -2.33. The van der Waals surface area contributed by atoms with Crippen LogP contribution in [0.1, 0.15) is 37.1 Å². The van der Waals surface area contributed by atoms with Gasteiger partial charge in [-0.1, -0.05) is 12.1 Å². The Kier molecular flexibility index (Phi) is 4.41. The molecule has 0 radical (unpaired) electrons. The summed E-state index contributed by atoms with van der Waals surface area (Å²) >= 11 is 0. The third kappa shape index (κ3) is 3.10. The van der Waals surface area contributed by atoms with E-state index < -0.39 is 0 Å². The molecule has 3 aromatic rings. The molecule has 6 nitrogen and oxygen atoms in total. The van der Waals surface area contributed by atoms with Crippen LogP contribution in [0.25, 0.3) is 0 Å². The van der Waals surface area contributed by atoms with E-state index in [0.29, 0.717) is 6.04 Å². The second kappa shape index (κ2) is 7.20. The van der Waals surface area contributed by atoms with E-state index in [9.17, 15) is 0 Å². The van der Waals surface area contributed by atoms with Crippen LogP contribution >= 0.6 is 0 Å². The topological polar surface area (TPSA) is 57.2 Å². The molecule has 1 fully saturated rings. The Morgan fingerprint density at radius 3 is 2.75 bits per heavy atom. The normalized spacial score (nSPS) is 18.4. The van der Waals surface area contributed by atoms with Crippen LogP contribution in [0.15, 0.2) is 61.3 Å². The smallest absolute Gasteiger partial charge is 0.157 e. The van der Waals surface area contributed by atoms with Crippen LogP contribution in [-0.4, -0.2) is 27.5 Å². The van der Waals surface area contributed by atoms with Gasteiger partial charge in [-0.25, -0.2) is 9.97 Å². The van der Waals surface area contributed by atoms with Crippen LogP contribution in [0.3, 0.4) is 0 Å². The fraction of sp³-hybridized carbons (Fsp3) is 0.318. The summed E-state index contributed by atoms with van der Waals surface area (Å²) in [5.41, 5.74) is 4.69. The lowest BCUT2D eigenvalue weighted by atomic mass is 10.1. The van der Waals surface area contributed by atoms with Crippen molar-refractivity contribution in [1.29, 1.82) is 0 Å². The highest BCUT2D eigenvalue weighted by atomic mass is 15.4. The van der Waals surface area contributed by atoms with Gasteiger partial charge in [0.2, 0.25) is 0 Å². The molecule has 1 aromatic carbocycles. The molecular weight excluding hydrogens is 348 g/mol. The molecule has 2 aromatic heterocycles. The zero-order valence-electron chi connectivity index (χ0n) is 16.0. The second-order valence-corrected chi connectivity index (χ2v) is 7.37. The first-order valence-electron chi connectivity index (χ1n) is 9.93. The maximum Gasteiger partial charge on any atom is 0.157 e. The lowest BCUT2D eigenvalue weighted by molar-refractivity contribution is 0.669. The minimum absolute atomic E-state index is 0.0336. The standard InChI is InChI=1S/C22H24N6/c1-2-27-21-20(14-24-15-26-21)28(22(27)17-8-10-23-11-9-17)19-5-3-4-16(12-19)13-25-18-6-7-18/h3-5,8-12,14-15,18,22,25H,2,6-7,13H2,1H3. The fourth-order valence-corrected chi connectivity index (χ4v) is 3.93. The van der Waals surface area contributed by atoms with Gasteiger partial charge in [-0.3, -0.25) is 4.98 Å². The maximum absolute atomic E-state index is 4.60. The molecule has 1 aliphatic carbocycles. The molecule has 2 aliphatic rings. The molecule has 0 spiro atoms. The van der Waals surface area contributed by atoms with Crippen molar-refractivity contribution < 1.29 is 0 Å². The largest absolute Gasteiger partial charge is 0.330 e. The number of hydrogen-bond donors (Lipinski definition) is 1. The van der Waals surface area contributed by atoms with Crippen LogP contribution in [-0.2, 0) is 6.54 Å². The number of aromatic nitrogens is 3. The average molecular weight is 372 g/mol. The minimum Gasteiger partial charge on any atom is -0.330 e. The van der Waals surface area contributed by atoms with Crippen molar-refractivity contribution in [2.45, 2.75) is 38.5 Å². The average Bonchev–Trinajstić information content (AvgIpc) is 3.52. The SMILES string of the molecule is CCN1c2ncncc2N(c2cccc(CNC3CC3)c2)C1c1ccncc1. The summed E-state index contributed by atoms with van der Waals surface area (Å²) in [4.78, 5) is 17.8. The number of rotatable bonds is 6. The number of anilines is 3. The Morgan fingerprint density at radius 2 is 1.96 bits per heavy atom. The van der Waals surface area contributed by atoms with Crippen molar-refractivity contribution in [1.82, 2.24) is 20.3 Å². The van der Waals surface area contributed by atoms with Crippen LogP contribution in [0.2, 0.25) is 0 Å². The number of hydrogen-bond acceptors (Lipinski definition) is 6. The third-order valence-corrected chi connectivity index (χ3v) is 5.45. The third-order valence-electron chi connectivity index (χ3n) is 5.45. The van der Waals surface area contributed by atoms with E-state index in [-0.39, 0.29) is 6.17 Å². The van der Waals surface area contributed by atoms with Crippen LogP contribution in [0.5, 0.6) is 0 Å². The Hall–Kier alpha value is -2.99. The number of pyridine rings is 1. The summed E-state index contributed by atoms with van der Waals surface area (Å²) in [6, 6.07) is 13.6. The molecule has 0 saturated heterocycles. The first kappa shape index (κ1) is 17.1. The molecule has 1 saturated carbocycles. The van der Waals surface area contributed by atoms with Gasteiger partial charge in [0, 0.05) is 37.2 Å². The molecule has 28 heavy (non-hydrogen) atoms. The Balaban J connectivity index is 1.57. The van der Waals surface area contributed by atoms with E-state index in [0.717, 1.165) is 30.3 Å². The molecule has 3 heterocycles. The van der Waals surface area contributed by atoms with Gasteiger partial charge in [0.25, 0.3) is 0 Å². The Bertz CT molecular complexity index is 956. The first-order valence-corrected chi connectivity index (χ1v) is 9.93. The summed E-state index contributed by atoms with van der Waals surface area (Å²) in [6.45, 7) is 3.93. The highest BCUT2D eigenvalue weighted by Gasteiger charge is 2.38. The summed E-state index contributed by atoms with van der Waals surface area (Å²) in [5, 5.41) is 3.61. The van der Waals surface area contributed by atoms with Crippen molar-refractivity contribution in [3.63, 3.8) is 0 Å². The van der Waals surface area contributed by atoms with E-state index in [1.54, 1.807) is 6.33 Å². The molecule has 6 heteroatoms. The van der Waals surface area contributed by atoms with Crippen molar-refractivity contribution >= 4 is 17.2 Å². The van der Waals surface area contributed by atoms with Crippen LogP contribution in [0.4, 0.5) is 17.2 Å². The zero-order valence-corrected chi connectivity index (χ0v) is 16.0. The molecule has 0 amide bonds. The number of nitrogens with zero attached hydrogens (tertiary/aromatic N) is 5. The van der Waals surface area contributed by atoms with Gasteiger partial charge in [-0.05, 0) is 55.2 Å². The zero-order chi connectivity index (χ0) is 18.9. The van der Waals surface area contributed by atoms with Gasteiger partial charge in [0.05, 0.1) is 6.20 Å². The van der Waals surface area contributed by atoms with E-state index in [4.69, 9.17) is 0 Å². The fourth-order valence-electron chi connectivity index (χ4n) is 3.93. The molecule has 142 valence electrons. The highest BCUT2D eigenvalue weighted by Crippen LogP contribution is 2.48. The highest BCUT2D eigenvalue weighted by molar-refractivity contribution is 5.81. The van der Waals surface area contributed by atoms with Crippen molar-refractivity contribution in [2.75, 3.05) is 16.3 Å².